The van der Waals surface area contributed by atoms with Crippen LogP contribution in [0.15, 0.2) is 5.38 Å². The third-order valence-electron chi connectivity index (χ3n) is 3.32. The molecule has 1 unspecified atom stereocenters. The highest BCUT2D eigenvalue weighted by atomic mass is 32.1. The molecule has 1 atom stereocenters. The third-order valence-corrected chi connectivity index (χ3v) is 5.35. The topological polar surface area (TPSA) is 51.8 Å². The Morgan fingerprint density at radius 2 is 2.17 bits per heavy atom. The lowest BCUT2D eigenvalue weighted by Gasteiger charge is -2.32. The number of rotatable bonds is 1. The average molecular weight is 279 g/mol. The molecule has 2 aromatic rings. The van der Waals surface area contributed by atoms with Crippen molar-refractivity contribution >= 4 is 22.7 Å². The number of nitrogens with two attached hydrogens (primary N) is 1. The molecule has 18 heavy (non-hydrogen) atoms. The van der Waals surface area contributed by atoms with Gasteiger partial charge in [0.1, 0.15) is 10.7 Å². The molecule has 96 valence electrons. The first kappa shape index (κ1) is 12.3. The Bertz CT molecular complexity index is 583. The second kappa shape index (κ2) is 4.11. The van der Waals surface area contributed by atoms with Gasteiger partial charge in [0.2, 0.25) is 0 Å². The molecule has 0 aliphatic heterocycles. The van der Waals surface area contributed by atoms with Crippen LogP contribution in [0, 0.1) is 12.3 Å². The van der Waals surface area contributed by atoms with Gasteiger partial charge in [0.05, 0.1) is 10.7 Å². The van der Waals surface area contributed by atoms with Crippen LogP contribution < -0.4 is 5.73 Å². The van der Waals surface area contributed by atoms with Gasteiger partial charge in [-0.05, 0) is 25.2 Å². The first-order chi connectivity index (χ1) is 8.44. The average Bonchev–Trinajstić information content (AvgIpc) is 2.82. The number of fused-ring (bicyclic) bond motifs is 1. The van der Waals surface area contributed by atoms with E-state index in [0.717, 1.165) is 28.6 Å². The van der Waals surface area contributed by atoms with E-state index in [1.165, 1.54) is 10.6 Å². The molecule has 2 aromatic heterocycles. The molecule has 0 aromatic carbocycles. The van der Waals surface area contributed by atoms with E-state index in [4.69, 9.17) is 10.7 Å². The van der Waals surface area contributed by atoms with Crippen LogP contribution in [0.2, 0.25) is 0 Å². The molecule has 2 N–H and O–H groups in total. The minimum Gasteiger partial charge on any atom is -0.323 e. The van der Waals surface area contributed by atoms with Crippen LogP contribution in [0.5, 0.6) is 0 Å². The Hall–Kier alpha value is -0.780. The van der Waals surface area contributed by atoms with Gasteiger partial charge in [-0.1, -0.05) is 13.8 Å². The zero-order valence-corrected chi connectivity index (χ0v) is 12.5. The Morgan fingerprint density at radius 3 is 2.83 bits per heavy atom. The highest BCUT2D eigenvalue weighted by Crippen LogP contribution is 2.43. The van der Waals surface area contributed by atoms with Crippen molar-refractivity contribution in [1.82, 2.24) is 9.97 Å². The Labute approximate surface area is 115 Å². The van der Waals surface area contributed by atoms with Crippen molar-refractivity contribution in [1.29, 1.82) is 0 Å². The molecule has 0 saturated carbocycles. The zero-order valence-electron chi connectivity index (χ0n) is 10.9. The van der Waals surface area contributed by atoms with Gasteiger partial charge >= 0.3 is 0 Å². The fourth-order valence-electron chi connectivity index (χ4n) is 2.56. The maximum absolute atomic E-state index is 6.27. The van der Waals surface area contributed by atoms with E-state index in [0.29, 0.717) is 0 Å². The lowest BCUT2D eigenvalue weighted by Crippen LogP contribution is -2.28. The highest BCUT2D eigenvalue weighted by Gasteiger charge is 2.33. The van der Waals surface area contributed by atoms with Crippen LogP contribution in [0.1, 0.15) is 41.9 Å². The summed E-state index contributed by atoms with van der Waals surface area (Å²) in [4.78, 5) is 10.5. The molecule has 0 spiro atoms. The largest absolute Gasteiger partial charge is 0.323 e. The molecule has 5 heteroatoms. The van der Waals surface area contributed by atoms with Crippen LogP contribution in [-0.2, 0) is 6.42 Å². The molecule has 1 aliphatic carbocycles. The van der Waals surface area contributed by atoms with Crippen LogP contribution >= 0.6 is 22.7 Å². The van der Waals surface area contributed by atoms with Crippen molar-refractivity contribution in [3.63, 3.8) is 0 Å². The van der Waals surface area contributed by atoms with Crippen LogP contribution in [-0.4, -0.2) is 9.97 Å². The zero-order chi connectivity index (χ0) is 12.9. The fourth-order valence-corrected chi connectivity index (χ4v) is 4.28. The maximum atomic E-state index is 6.27. The van der Waals surface area contributed by atoms with Crippen LogP contribution in [0.25, 0.3) is 10.7 Å². The van der Waals surface area contributed by atoms with Gasteiger partial charge in [-0.2, -0.15) is 0 Å². The summed E-state index contributed by atoms with van der Waals surface area (Å²) in [5.41, 5.74) is 8.72. The lowest BCUT2D eigenvalue weighted by atomic mass is 9.77. The summed E-state index contributed by atoms with van der Waals surface area (Å²) in [6.07, 6.45) is 2.06. The van der Waals surface area contributed by atoms with Gasteiger partial charge in [0.25, 0.3) is 0 Å². The Morgan fingerprint density at radius 1 is 1.39 bits per heavy atom. The van der Waals surface area contributed by atoms with Gasteiger partial charge in [-0.15, -0.1) is 22.7 Å². The molecular weight excluding hydrogens is 262 g/mol. The minimum absolute atomic E-state index is 0.134. The number of nitrogens with zero attached hydrogens (tertiary/aromatic N) is 2. The number of hydrogen-bond donors (Lipinski definition) is 1. The predicted molar refractivity (Wildman–Crippen MR) is 77.0 cm³/mol. The SMILES string of the molecule is Cc1nc(-c2nc3c(s2)C(N)CC(C)(C)C3)cs1. The predicted octanol–water partition coefficient (Wildman–Crippen LogP) is 3.55. The molecule has 0 saturated heterocycles. The van der Waals surface area contributed by atoms with Crippen LogP contribution in [0.3, 0.4) is 0 Å². The first-order valence-electron chi connectivity index (χ1n) is 6.12. The Kier molecular flexibility index (Phi) is 2.80. The van der Waals surface area contributed by atoms with Crippen molar-refractivity contribution in [2.24, 2.45) is 11.1 Å². The summed E-state index contributed by atoms with van der Waals surface area (Å²) in [6, 6.07) is 0.134. The summed E-state index contributed by atoms with van der Waals surface area (Å²) in [6.45, 7) is 6.56. The van der Waals surface area contributed by atoms with E-state index in [9.17, 15) is 0 Å². The second-order valence-corrected chi connectivity index (χ2v) is 7.83. The summed E-state index contributed by atoms with van der Waals surface area (Å²) in [7, 11) is 0. The lowest BCUT2D eigenvalue weighted by molar-refractivity contribution is 0.282. The third kappa shape index (κ3) is 2.11. The number of hydrogen-bond acceptors (Lipinski definition) is 5. The first-order valence-corrected chi connectivity index (χ1v) is 7.82. The van der Waals surface area contributed by atoms with E-state index >= 15 is 0 Å². The van der Waals surface area contributed by atoms with Gasteiger partial charge in [-0.25, -0.2) is 9.97 Å². The minimum atomic E-state index is 0.134. The van der Waals surface area contributed by atoms with Gasteiger partial charge < -0.3 is 5.73 Å². The van der Waals surface area contributed by atoms with Crippen LogP contribution in [0.4, 0.5) is 0 Å². The molecule has 0 fully saturated rings. The van der Waals surface area contributed by atoms with Crippen molar-refractivity contribution in [3.05, 3.63) is 21.0 Å². The molecule has 3 rings (SSSR count). The number of aromatic nitrogens is 2. The second-order valence-electron chi connectivity index (χ2n) is 5.73. The summed E-state index contributed by atoms with van der Waals surface area (Å²) >= 11 is 3.39. The van der Waals surface area contributed by atoms with Gasteiger partial charge in [-0.3, -0.25) is 0 Å². The standard InChI is InChI=1S/C13H17N3S2/c1-7-15-10(6-17-7)12-16-9-5-13(2,3)4-8(14)11(9)18-12/h6,8H,4-5,14H2,1-3H3. The van der Waals surface area contributed by atoms with Crippen molar-refractivity contribution in [3.8, 4) is 10.7 Å². The van der Waals surface area contributed by atoms with Gasteiger partial charge in [0.15, 0.2) is 0 Å². The van der Waals surface area contributed by atoms with Crippen molar-refractivity contribution < 1.29 is 0 Å². The molecule has 0 radical (unpaired) electrons. The fraction of sp³-hybridized carbons (Fsp3) is 0.538. The maximum Gasteiger partial charge on any atom is 0.143 e. The summed E-state index contributed by atoms with van der Waals surface area (Å²) in [5, 5.41) is 4.19. The molecule has 3 nitrogen and oxygen atoms in total. The Balaban J connectivity index is 2.02. The number of aryl methyl sites for hydroxylation is 1. The molecule has 0 bridgehead atoms. The highest BCUT2D eigenvalue weighted by molar-refractivity contribution is 7.16. The van der Waals surface area contributed by atoms with Crippen molar-refractivity contribution in [2.75, 3.05) is 0 Å². The molecule has 2 heterocycles. The number of thiazole rings is 2. The summed E-state index contributed by atoms with van der Waals surface area (Å²) < 4.78 is 0. The summed E-state index contributed by atoms with van der Waals surface area (Å²) in [5.74, 6) is 0. The van der Waals surface area contributed by atoms with E-state index in [1.807, 2.05) is 6.92 Å². The monoisotopic (exact) mass is 279 g/mol. The smallest absolute Gasteiger partial charge is 0.143 e. The van der Waals surface area contributed by atoms with E-state index in [-0.39, 0.29) is 11.5 Å². The quantitative estimate of drug-likeness (QED) is 0.868. The van der Waals surface area contributed by atoms with E-state index < -0.39 is 0 Å². The van der Waals surface area contributed by atoms with Crippen molar-refractivity contribution in [2.45, 2.75) is 39.7 Å². The van der Waals surface area contributed by atoms with E-state index in [1.54, 1.807) is 22.7 Å². The molecular formula is C13H17N3S2. The van der Waals surface area contributed by atoms with Gasteiger partial charge in [0, 0.05) is 16.3 Å². The molecule has 1 aliphatic rings. The van der Waals surface area contributed by atoms with E-state index in [2.05, 4.69) is 24.2 Å². The normalized spacial score (nSPS) is 21.9. The molecule has 0 amide bonds.